The maximum absolute atomic E-state index is 13.4. The summed E-state index contributed by atoms with van der Waals surface area (Å²) >= 11 is 7.35. The number of amides is 1. The van der Waals surface area contributed by atoms with Gasteiger partial charge in [0.2, 0.25) is 11.1 Å². The lowest BCUT2D eigenvalue weighted by Gasteiger charge is -2.11. The summed E-state index contributed by atoms with van der Waals surface area (Å²) in [5.41, 5.74) is 2.98. The van der Waals surface area contributed by atoms with Crippen LogP contribution in [0.4, 0.5) is 10.1 Å². The smallest absolute Gasteiger partial charge is 0.234 e. The van der Waals surface area contributed by atoms with E-state index in [0.717, 1.165) is 22.9 Å². The zero-order valence-corrected chi connectivity index (χ0v) is 15.6. The zero-order chi connectivity index (χ0) is 18.7. The van der Waals surface area contributed by atoms with Crippen LogP contribution in [0.2, 0.25) is 5.02 Å². The molecule has 0 saturated heterocycles. The van der Waals surface area contributed by atoms with Crippen molar-refractivity contribution in [3.05, 3.63) is 58.4 Å². The molecular formula is C17H15ClFN5OS. The van der Waals surface area contributed by atoms with Crippen molar-refractivity contribution in [1.82, 2.24) is 20.2 Å². The quantitative estimate of drug-likeness (QED) is 0.669. The Morgan fingerprint density at radius 2 is 2.12 bits per heavy atom. The maximum atomic E-state index is 13.4. The summed E-state index contributed by atoms with van der Waals surface area (Å²) in [4.78, 5) is 12.3. The highest BCUT2D eigenvalue weighted by atomic mass is 35.5. The molecule has 0 saturated carbocycles. The third-order valence-corrected chi connectivity index (χ3v) is 4.74. The minimum atomic E-state index is -0.392. The number of hydrogen-bond donors (Lipinski definition) is 1. The molecule has 0 spiro atoms. The van der Waals surface area contributed by atoms with Crippen molar-refractivity contribution in [2.75, 3.05) is 11.1 Å². The molecule has 1 N–H and O–H groups in total. The first-order chi connectivity index (χ1) is 12.4. The van der Waals surface area contributed by atoms with Crippen molar-refractivity contribution >= 4 is 35.0 Å². The Bertz CT molecular complexity index is 939. The molecule has 1 amide bonds. The van der Waals surface area contributed by atoms with E-state index in [1.54, 1.807) is 18.2 Å². The van der Waals surface area contributed by atoms with E-state index >= 15 is 0 Å². The average molecular weight is 392 g/mol. The van der Waals surface area contributed by atoms with Gasteiger partial charge < -0.3 is 5.32 Å². The molecule has 9 heteroatoms. The lowest BCUT2D eigenvalue weighted by molar-refractivity contribution is -0.113. The summed E-state index contributed by atoms with van der Waals surface area (Å²) in [6.07, 6.45) is 0. The molecule has 0 fully saturated rings. The molecule has 0 atom stereocenters. The molecule has 0 aliphatic carbocycles. The van der Waals surface area contributed by atoms with E-state index in [1.807, 2.05) is 19.9 Å². The van der Waals surface area contributed by atoms with Crippen molar-refractivity contribution in [3.63, 3.8) is 0 Å². The molecule has 0 aliphatic heterocycles. The van der Waals surface area contributed by atoms with Gasteiger partial charge >= 0.3 is 0 Å². The number of aromatic nitrogens is 4. The topological polar surface area (TPSA) is 72.7 Å². The number of hydrogen-bond acceptors (Lipinski definition) is 5. The number of benzene rings is 2. The number of thioether (sulfide) groups is 1. The van der Waals surface area contributed by atoms with E-state index < -0.39 is 5.82 Å². The zero-order valence-electron chi connectivity index (χ0n) is 14.0. The Morgan fingerprint density at radius 1 is 1.31 bits per heavy atom. The molecule has 0 bridgehead atoms. The number of aryl methyl sites for hydroxylation is 2. The fourth-order valence-electron chi connectivity index (χ4n) is 2.42. The van der Waals surface area contributed by atoms with Crippen LogP contribution in [0.5, 0.6) is 0 Å². The molecule has 26 heavy (non-hydrogen) atoms. The SMILES string of the molecule is Cc1cc(C)c(NC(=O)CSc2nnnn2-c2cccc(F)c2)c(Cl)c1. The minimum absolute atomic E-state index is 0.0827. The van der Waals surface area contributed by atoms with E-state index in [9.17, 15) is 9.18 Å². The fraction of sp³-hybridized carbons (Fsp3) is 0.176. The summed E-state index contributed by atoms with van der Waals surface area (Å²) in [5.74, 6) is -0.548. The summed E-state index contributed by atoms with van der Waals surface area (Å²) in [6.45, 7) is 3.82. The number of nitrogens with one attached hydrogen (secondary N) is 1. The van der Waals surface area contributed by atoms with Gasteiger partial charge in [-0.05, 0) is 59.7 Å². The van der Waals surface area contributed by atoms with Crippen LogP contribution in [0.15, 0.2) is 41.6 Å². The van der Waals surface area contributed by atoms with E-state index in [1.165, 1.54) is 16.8 Å². The highest BCUT2D eigenvalue weighted by Gasteiger charge is 2.14. The number of halogens is 2. The van der Waals surface area contributed by atoms with E-state index in [4.69, 9.17) is 11.6 Å². The Balaban J connectivity index is 1.69. The second-order valence-electron chi connectivity index (χ2n) is 5.63. The summed E-state index contributed by atoms with van der Waals surface area (Å²) in [5, 5.41) is 15.0. The number of carbonyl (C=O) groups is 1. The van der Waals surface area contributed by atoms with Gasteiger partial charge in [-0.15, -0.1) is 5.10 Å². The molecule has 2 aromatic carbocycles. The largest absolute Gasteiger partial charge is 0.324 e. The van der Waals surface area contributed by atoms with Crippen LogP contribution in [0.3, 0.4) is 0 Å². The predicted molar refractivity (Wildman–Crippen MR) is 99.4 cm³/mol. The van der Waals surface area contributed by atoms with Crippen LogP contribution in [0.25, 0.3) is 5.69 Å². The second kappa shape index (κ2) is 7.84. The van der Waals surface area contributed by atoms with Crippen molar-refractivity contribution in [1.29, 1.82) is 0 Å². The summed E-state index contributed by atoms with van der Waals surface area (Å²) in [6, 6.07) is 9.63. The van der Waals surface area contributed by atoms with Gasteiger partial charge in [-0.1, -0.05) is 35.5 Å². The summed E-state index contributed by atoms with van der Waals surface area (Å²) < 4.78 is 14.8. The van der Waals surface area contributed by atoms with Crippen LogP contribution in [0.1, 0.15) is 11.1 Å². The number of rotatable bonds is 5. The van der Waals surface area contributed by atoms with Gasteiger partial charge in [0.25, 0.3) is 0 Å². The Labute approximate surface area is 158 Å². The molecule has 0 aliphatic rings. The number of carbonyl (C=O) groups excluding carboxylic acids is 1. The van der Waals surface area contributed by atoms with Gasteiger partial charge in [0.1, 0.15) is 5.82 Å². The lowest BCUT2D eigenvalue weighted by atomic mass is 10.1. The van der Waals surface area contributed by atoms with Gasteiger partial charge in [-0.25, -0.2) is 4.39 Å². The van der Waals surface area contributed by atoms with Gasteiger partial charge in [0.05, 0.1) is 22.2 Å². The first-order valence-corrected chi connectivity index (χ1v) is 9.04. The molecule has 1 aromatic heterocycles. The molecule has 134 valence electrons. The first-order valence-electron chi connectivity index (χ1n) is 7.68. The Morgan fingerprint density at radius 3 is 2.85 bits per heavy atom. The molecule has 3 aromatic rings. The monoisotopic (exact) mass is 391 g/mol. The van der Waals surface area contributed by atoms with Crippen LogP contribution in [-0.2, 0) is 4.79 Å². The van der Waals surface area contributed by atoms with Crippen molar-refractivity contribution in [2.24, 2.45) is 0 Å². The Hall–Kier alpha value is -2.45. The number of anilines is 1. The van der Waals surface area contributed by atoms with Crippen LogP contribution < -0.4 is 5.32 Å². The van der Waals surface area contributed by atoms with E-state index in [-0.39, 0.29) is 11.7 Å². The average Bonchev–Trinajstić information content (AvgIpc) is 3.05. The molecule has 0 radical (unpaired) electrons. The van der Waals surface area contributed by atoms with E-state index in [0.29, 0.717) is 21.6 Å². The van der Waals surface area contributed by atoms with Gasteiger partial charge in [0, 0.05) is 0 Å². The highest BCUT2D eigenvalue weighted by Crippen LogP contribution is 2.28. The molecular weight excluding hydrogens is 377 g/mol. The van der Waals surface area contributed by atoms with E-state index in [2.05, 4.69) is 20.8 Å². The normalized spacial score (nSPS) is 10.8. The van der Waals surface area contributed by atoms with Gasteiger partial charge in [-0.3, -0.25) is 4.79 Å². The fourth-order valence-corrected chi connectivity index (χ4v) is 3.48. The van der Waals surface area contributed by atoms with Crippen LogP contribution >= 0.6 is 23.4 Å². The molecule has 6 nitrogen and oxygen atoms in total. The van der Waals surface area contributed by atoms with Gasteiger partial charge in [0.15, 0.2) is 0 Å². The molecule has 0 unspecified atom stereocenters. The third-order valence-electron chi connectivity index (χ3n) is 3.52. The predicted octanol–water partition coefficient (Wildman–Crippen LogP) is 3.80. The molecule has 3 rings (SSSR count). The second-order valence-corrected chi connectivity index (χ2v) is 6.98. The van der Waals surface area contributed by atoms with Crippen molar-refractivity contribution in [3.8, 4) is 5.69 Å². The van der Waals surface area contributed by atoms with Crippen molar-refractivity contribution in [2.45, 2.75) is 19.0 Å². The highest BCUT2D eigenvalue weighted by molar-refractivity contribution is 7.99. The number of tetrazole rings is 1. The number of nitrogens with zero attached hydrogens (tertiary/aromatic N) is 4. The molecule has 1 heterocycles. The van der Waals surface area contributed by atoms with Crippen LogP contribution in [0, 0.1) is 19.7 Å². The third kappa shape index (κ3) is 4.20. The Kier molecular flexibility index (Phi) is 5.53. The standard InChI is InChI=1S/C17H15ClFN5OS/c1-10-6-11(2)16(14(18)7-10)20-15(25)9-26-17-21-22-23-24(17)13-5-3-4-12(19)8-13/h3-8H,9H2,1-2H3,(H,20,25). The minimum Gasteiger partial charge on any atom is -0.324 e. The summed E-state index contributed by atoms with van der Waals surface area (Å²) in [7, 11) is 0. The van der Waals surface area contributed by atoms with Crippen LogP contribution in [-0.4, -0.2) is 31.9 Å². The lowest BCUT2D eigenvalue weighted by Crippen LogP contribution is -2.16. The van der Waals surface area contributed by atoms with Gasteiger partial charge in [-0.2, -0.15) is 4.68 Å². The maximum Gasteiger partial charge on any atom is 0.234 e. The first kappa shape index (κ1) is 18.3. The van der Waals surface area contributed by atoms with Crippen molar-refractivity contribution < 1.29 is 9.18 Å².